The summed E-state index contributed by atoms with van der Waals surface area (Å²) in [4.78, 5) is 32.6. The molecule has 1 unspecified atom stereocenters. The average molecular weight is 410 g/mol. The van der Waals surface area contributed by atoms with Crippen LogP contribution in [0.15, 0.2) is 64.6 Å². The first-order valence-electron chi connectivity index (χ1n) is 8.89. The lowest BCUT2D eigenvalue weighted by atomic mass is 9.93. The summed E-state index contributed by atoms with van der Waals surface area (Å²) in [6.07, 6.45) is 1.64. The number of carbonyl (C=O) groups is 2. The van der Waals surface area contributed by atoms with Crippen molar-refractivity contribution in [1.82, 2.24) is 4.98 Å². The number of hydrogen-bond acceptors (Lipinski definition) is 6. The molecule has 5 nitrogen and oxygen atoms in total. The van der Waals surface area contributed by atoms with Crippen molar-refractivity contribution in [2.24, 2.45) is 5.73 Å². The molecule has 4 rings (SSSR count). The zero-order chi connectivity index (χ0) is 19.8. The Morgan fingerprint density at radius 1 is 1.14 bits per heavy atom. The van der Waals surface area contributed by atoms with E-state index in [0.29, 0.717) is 21.5 Å². The third kappa shape index (κ3) is 3.06. The molecule has 0 saturated carbocycles. The molecule has 28 heavy (non-hydrogen) atoms. The highest BCUT2D eigenvalue weighted by Gasteiger charge is 2.44. The highest BCUT2D eigenvalue weighted by Crippen LogP contribution is 2.42. The number of ketones is 1. The Kier molecular flexibility index (Phi) is 4.87. The van der Waals surface area contributed by atoms with Crippen molar-refractivity contribution in [2.45, 2.75) is 25.8 Å². The second kappa shape index (κ2) is 7.33. The van der Waals surface area contributed by atoms with E-state index in [1.54, 1.807) is 17.6 Å². The molecular weight excluding hydrogens is 390 g/mol. The minimum absolute atomic E-state index is 0.00784. The van der Waals surface area contributed by atoms with E-state index in [4.69, 9.17) is 5.73 Å². The van der Waals surface area contributed by atoms with Crippen LogP contribution in [-0.2, 0) is 4.79 Å². The van der Waals surface area contributed by atoms with Gasteiger partial charge >= 0.3 is 0 Å². The molecule has 0 spiro atoms. The monoisotopic (exact) mass is 409 g/mol. The molecule has 3 aromatic rings. The van der Waals surface area contributed by atoms with Crippen LogP contribution in [0.1, 0.15) is 46.6 Å². The van der Waals surface area contributed by atoms with E-state index in [1.807, 2.05) is 35.7 Å². The van der Waals surface area contributed by atoms with Gasteiger partial charge in [0.2, 0.25) is 5.78 Å². The summed E-state index contributed by atoms with van der Waals surface area (Å²) in [5.74, 6) is -0.201. The van der Waals surface area contributed by atoms with Gasteiger partial charge in [-0.2, -0.15) is 0 Å². The number of nitrogens with zero attached hydrogens (tertiary/aromatic N) is 2. The summed E-state index contributed by atoms with van der Waals surface area (Å²) in [6, 6.07) is 11.0. The maximum Gasteiger partial charge on any atom is 0.277 e. The maximum atomic E-state index is 13.2. The fraction of sp³-hybridized carbons (Fsp3) is 0.190. The van der Waals surface area contributed by atoms with Crippen molar-refractivity contribution in [3.05, 3.63) is 80.6 Å². The molecule has 0 saturated heterocycles. The number of thiazole rings is 1. The van der Waals surface area contributed by atoms with Crippen LogP contribution >= 0.6 is 22.7 Å². The number of benzene rings is 1. The van der Waals surface area contributed by atoms with E-state index < -0.39 is 6.04 Å². The fourth-order valence-corrected chi connectivity index (χ4v) is 4.68. The standard InChI is InChI=1S/C21H19N3O2S2/c1-12(2)13-5-7-14(8-6-13)18-16(19(25)15-4-3-10-27-15)17(22)20(26)24(18)21-23-9-11-28-21/h3-12,18H,22H2,1-2H3. The van der Waals surface area contributed by atoms with Crippen LogP contribution in [-0.4, -0.2) is 16.7 Å². The number of thiophene rings is 1. The first kappa shape index (κ1) is 18.6. The molecule has 3 heterocycles. The quantitative estimate of drug-likeness (QED) is 0.629. The van der Waals surface area contributed by atoms with Gasteiger partial charge in [-0.3, -0.25) is 14.5 Å². The highest BCUT2D eigenvalue weighted by atomic mass is 32.1. The predicted molar refractivity (Wildman–Crippen MR) is 113 cm³/mol. The zero-order valence-corrected chi connectivity index (χ0v) is 17.1. The van der Waals surface area contributed by atoms with Crippen LogP contribution in [0.25, 0.3) is 0 Å². The van der Waals surface area contributed by atoms with E-state index in [9.17, 15) is 9.59 Å². The molecule has 7 heteroatoms. The van der Waals surface area contributed by atoms with Gasteiger partial charge in [-0.15, -0.1) is 22.7 Å². The molecule has 0 fully saturated rings. The average Bonchev–Trinajstić information content (AvgIpc) is 3.43. The number of anilines is 1. The summed E-state index contributed by atoms with van der Waals surface area (Å²) < 4.78 is 0. The van der Waals surface area contributed by atoms with Gasteiger partial charge in [-0.1, -0.05) is 44.2 Å². The first-order valence-corrected chi connectivity index (χ1v) is 10.7. The third-order valence-corrected chi connectivity index (χ3v) is 6.44. The molecule has 1 atom stereocenters. The molecule has 1 aromatic carbocycles. The minimum atomic E-state index is -0.588. The Labute approximate surface area is 171 Å². The second-order valence-corrected chi connectivity index (χ2v) is 8.67. The maximum absolute atomic E-state index is 13.2. The van der Waals surface area contributed by atoms with Gasteiger partial charge in [0.25, 0.3) is 5.91 Å². The van der Waals surface area contributed by atoms with E-state index in [-0.39, 0.29) is 17.4 Å². The minimum Gasteiger partial charge on any atom is -0.394 e. The molecule has 1 aliphatic rings. The summed E-state index contributed by atoms with van der Waals surface area (Å²) in [5, 5.41) is 4.17. The summed E-state index contributed by atoms with van der Waals surface area (Å²) >= 11 is 2.69. The van der Waals surface area contributed by atoms with E-state index in [0.717, 1.165) is 5.56 Å². The van der Waals surface area contributed by atoms with Gasteiger partial charge < -0.3 is 5.73 Å². The topological polar surface area (TPSA) is 76.3 Å². The Morgan fingerprint density at radius 3 is 2.46 bits per heavy atom. The van der Waals surface area contributed by atoms with Crippen LogP contribution in [0.4, 0.5) is 5.13 Å². The Hall–Kier alpha value is -2.77. The molecule has 2 aromatic heterocycles. The van der Waals surface area contributed by atoms with Crippen molar-refractivity contribution in [3.63, 3.8) is 0 Å². The lowest BCUT2D eigenvalue weighted by molar-refractivity contribution is -0.114. The number of hydrogen-bond donors (Lipinski definition) is 1. The van der Waals surface area contributed by atoms with Gasteiger partial charge in [0.1, 0.15) is 5.70 Å². The Morgan fingerprint density at radius 2 is 1.89 bits per heavy atom. The fourth-order valence-electron chi connectivity index (χ4n) is 3.34. The molecule has 0 aliphatic carbocycles. The smallest absolute Gasteiger partial charge is 0.277 e. The van der Waals surface area contributed by atoms with E-state index in [1.165, 1.54) is 33.1 Å². The van der Waals surface area contributed by atoms with Crippen LogP contribution < -0.4 is 10.6 Å². The van der Waals surface area contributed by atoms with Crippen LogP contribution in [0.2, 0.25) is 0 Å². The number of carbonyl (C=O) groups excluding carboxylic acids is 2. The van der Waals surface area contributed by atoms with Crippen LogP contribution in [0, 0.1) is 0 Å². The Bertz CT molecular complexity index is 1040. The second-order valence-electron chi connectivity index (χ2n) is 6.85. The SMILES string of the molecule is CC(C)c1ccc(C2C(C(=O)c3cccs3)=C(N)C(=O)N2c2nccs2)cc1. The third-order valence-electron chi connectivity index (χ3n) is 4.80. The number of Topliss-reactive ketones (excluding diaryl/α,β-unsaturated/α-hetero) is 1. The van der Waals surface area contributed by atoms with Crippen molar-refractivity contribution in [1.29, 1.82) is 0 Å². The molecule has 0 radical (unpaired) electrons. The Balaban J connectivity index is 1.85. The van der Waals surface area contributed by atoms with Crippen molar-refractivity contribution >= 4 is 39.5 Å². The van der Waals surface area contributed by atoms with Gasteiger partial charge in [0.15, 0.2) is 5.13 Å². The van der Waals surface area contributed by atoms with Gasteiger partial charge in [-0.25, -0.2) is 4.98 Å². The molecule has 142 valence electrons. The molecule has 1 amide bonds. The van der Waals surface area contributed by atoms with Crippen LogP contribution in [0.5, 0.6) is 0 Å². The first-order chi connectivity index (χ1) is 13.5. The predicted octanol–water partition coefficient (Wildman–Crippen LogP) is 4.51. The lowest BCUT2D eigenvalue weighted by Gasteiger charge is -2.25. The van der Waals surface area contributed by atoms with E-state index in [2.05, 4.69) is 18.8 Å². The zero-order valence-electron chi connectivity index (χ0n) is 15.5. The molecule has 2 N–H and O–H groups in total. The number of rotatable bonds is 5. The lowest BCUT2D eigenvalue weighted by Crippen LogP contribution is -2.31. The summed E-state index contributed by atoms with van der Waals surface area (Å²) in [5.41, 5.74) is 8.53. The highest BCUT2D eigenvalue weighted by molar-refractivity contribution is 7.14. The molecule has 1 aliphatic heterocycles. The molecular formula is C21H19N3O2S2. The number of nitrogens with two attached hydrogens (primary N) is 1. The van der Waals surface area contributed by atoms with Gasteiger partial charge in [-0.05, 0) is 28.5 Å². The van der Waals surface area contributed by atoms with E-state index >= 15 is 0 Å². The molecule has 0 bridgehead atoms. The van der Waals surface area contributed by atoms with Crippen molar-refractivity contribution < 1.29 is 9.59 Å². The number of amides is 1. The summed E-state index contributed by atoms with van der Waals surface area (Å²) in [7, 11) is 0. The summed E-state index contributed by atoms with van der Waals surface area (Å²) in [6.45, 7) is 4.25. The van der Waals surface area contributed by atoms with Crippen LogP contribution in [0.3, 0.4) is 0 Å². The van der Waals surface area contributed by atoms with Crippen molar-refractivity contribution in [3.8, 4) is 0 Å². The van der Waals surface area contributed by atoms with Gasteiger partial charge in [0, 0.05) is 11.6 Å². The van der Waals surface area contributed by atoms with Gasteiger partial charge in [0.05, 0.1) is 16.5 Å². The normalized spacial score (nSPS) is 17.0. The number of aromatic nitrogens is 1. The largest absolute Gasteiger partial charge is 0.394 e. The van der Waals surface area contributed by atoms with Crippen molar-refractivity contribution in [2.75, 3.05) is 4.90 Å².